The molecule has 122 valence electrons. The molecule has 0 unspecified atom stereocenters. The van der Waals surface area contributed by atoms with E-state index in [1.165, 1.54) is 0 Å². The first kappa shape index (κ1) is 14.0. The summed E-state index contributed by atoms with van der Waals surface area (Å²) in [5.41, 5.74) is 4.03. The number of hydrazine groups is 1. The molecule has 5 heteroatoms. The van der Waals surface area contributed by atoms with Crippen molar-refractivity contribution in [1.82, 2.24) is 10.4 Å². The summed E-state index contributed by atoms with van der Waals surface area (Å²) in [7, 11) is 0. The van der Waals surface area contributed by atoms with Crippen molar-refractivity contribution in [3.05, 3.63) is 47.5 Å². The van der Waals surface area contributed by atoms with Gasteiger partial charge in [0.05, 0.1) is 11.8 Å². The molecule has 2 bridgehead atoms. The third-order valence-corrected chi connectivity index (χ3v) is 6.19. The highest BCUT2D eigenvalue weighted by atomic mass is 16.2. The fraction of sp³-hybridized carbons (Fsp3) is 0.421. The van der Waals surface area contributed by atoms with Gasteiger partial charge in [0.25, 0.3) is 17.7 Å². The summed E-state index contributed by atoms with van der Waals surface area (Å²) in [6, 6.07) is 7.06. The molecule has 24 heavy (non-hydrogen) atoms. The Hall–Kier alpha value is -2.43. The second-order valence-electron chi connectivity index (χ2n) is 7.47. The number of nitrogens with zero attached hydrogens (tertiary/aromatic N) is 1. The zero-order valence-electron chi connectivity index (χ0n) is 13.3. The molecule has 1 saturated heterocycles. The number of hydrogen-bond donors (Lipinski definition) is 1. The highest BCUT2D eigenvalue weighted by molar-refractivity contribution is 6.08. The summed E-state index contributed by atoms with van der Waals surface area (Å²) in [6.45, 7) is 1.94. The molecular formula is C19H18N2O3. The first-order valence-corrected chi connectivity index (χ1v) is 8.50. The van der Waals surface area contributed by atoms with Crippen LogP contribution in [0.2, 0.25) is 0 Å². The molecule has 0 spiro atoms. The molecule has 1 aromatic rings. The molecule has 3 fully saturated rings. The summed E-state index contributed by atoms with van der Waals surface area (Å²) in [6.07, 6.45) is 5.37. The summed E-state index contributed by atoms with van der Waals surface area (Å²) in [5.74, 6) is -0.00257. The minimum absolute atomic E-state index is 0.169. The number of rotatable bonds is 2. The Labute approximate surface area is 139 Å². The molecule has 1 N–H and O–H groups in total. The number of carbonyl (C=O) groups is 3. The fourth-order valence-corrected chi connectivity index (χ4v) is 4.94. The number of carbonyl (C=O) groups excluding carboxylic acids is 3. The van der Waals surface area contributed by atoms with Gasteiger partial charge < -0.3 is 0 Å². The molecule has 1 heterocycles. The largest absolute Gasteiger partial charge is 0.272 e. The normalized spacial score (nSPS) is 38.1. The minimum Gasteiger partial charge on any atom is -0.272 e. The van der Waals surface area contributed by atoms with Crippen LogP contribution >= 0.6 is 0 Å². The van der Waals surface area contributed by atoms with Gasteiger partial charge in [0.15, 0.2) is 0 Å². The zero-order chi connectivity index (χ0) is 16.6. The van der Waals surface area contributed by atoms with E-state index in [0.29, 0.717) is 17.4 Å². The van der Waals surface area contributed by atoms with E-state index in [1.807, 2.05) is 19.1 Å². The standard InChI is InChI=1S/C19H18N2O3/c1-9-2-4-10(5-3-9)17(22)20-21-18(23)15-11-6-7-12(14-8-13(11)14)16(15)19(21)24/h2-7,11-16H,8H2,1H3,(H,20,22)/t11-,12-,13-,14-,15-,16+/m0/s1. The van der Waals surface area contributed by atoms with Crippen molar-refractivity contribution in [1.29, 1.82) is 0 Å². The van der Waals surface area contributed by atoms with E-state index in [9.17, 15) is 14.4 Å². The minimum atomic E-state index is -0.416. The summed E-state index contributed by atoms with van der Waals surface area (Å²) < 4.78 is 0. The number of benzene rings is 1. The smallest absolute Gasteiger partial charge is 0.270 e. The average Bonchev–Trinajstić information content (AvgIpc) is 3.36. The van der Waals surface area contributed by atoms with E-state index in [4.69, 9.17) is 0 Å². The Bertz CT molecular complexity index is 761. The van der Waals surface area contributed by atoms with E-state index in [-0.39, 0.29) is 35.5 Å². The van der Waals surface area contributed by atoms with Gasteiger partial charge in [0.2, 0.25) is 0 Å². The highest BCUT2D eigenvalue weighted by Gasteiger charge is 2.67. The van der Waals surface area contributed by atoms with Gasteiger partial charge in [-0.15, -0.1) is 0 Å². The molecule has 1 aromatic carbocycles. The van der Waals surface area contributed by atoms with Crippen molar-refractivity contribution < 1.29 is 14.4 Å². The van der Waals surface area contributed by atoms with E-state index in [1.54, 1.807) is 12.1 Å². The lowest BCUT2D eigenvalue weighted by atomic mass is 9.63. The van der Waals surface area contributed by atoms with Crippen molar-refractivity contribution in [3.63, 3.8) is 0 Å². The summed E-state index contributed by atoms with van der Waals surface area (Å²) in [5, 5.41) is 0.981. The lowest BCUT2D eigenvalue weighted by molar-refractivity contribution is -0.143. The van der Waals surface area contributed by atoms with Crippen molar-refractivity contribution >= 4 is 17.7 Å². The van der Waals surface area contributed by atoms with Crippen LogP contribution in [-0.2, 0) is 9.59 Å². The molecule has 5 aliphatic rings. The van der Waals surface area contributed by atoms with Crippen LogP contribution in [0.4, 0.5) is 0 Å². The molecule has 5 nitrogen and oxygen atoms in total. The molecule has 2 saturated carbocycles. The van der Waals surface area contributed by atoms with E-state index in [0.717, 1.165) is 17.0 Å². The van der Waals surface area contributed by atoms with Crippen molar-refractivity contribution in [2.75, 3.05) is 0 Å². The van der Waals surface area contributed by atoms with Crippen LogP contribution in [0.3, 0.4) is 0 Å². The van der Waals surface area contributed by atoms with Crippen molar-refractivity contribution in [2.24, 2.45) is 35.5 Å². The second-order valence-corrected chi connectivity index (χ2v) is 7.47. The Morgan fingerprint density at radius 1 is 1.00 bits per heavy atom. The molecular weight excluding hydrogens is 304 g/mol. The lowest BCUT2D eigenvalue weighted by Crippen LogP contribution is -2.46. The van der Waals surface area contributed by atoms with Crippen LogP contribution < -0.4 is 5.43 Å². The van der Waals surface area contributed by atoms with E-state index >= 15 is 0 Å². The van der Waals surface area contributed by atoms with Crippen molar-refractivity contribution in [2.45, 2.75) is 13.3 Å². The number of hydrogen-bond acceptors (Lipinski definition) is 3. The number of amides is 3. The first-order chi connectivity index (χ1) is 11.6. The van der Waals surface area contributed by atoms with E-state index < -0.39 is 5.91 Å². The average molecular weight is 322 g/mol. The van der Waals surface area contributed by atoms with Crippen LogP contribution in [-0.4, -0.2) is 22.7 Å². The molecule has 1 aliphatic heterocycles. The molecule has 0 radical (unpaired) electrons. The van der Waals surface area contributed by atoms with Crippen molar-refractivity contribution in [3.8, 4) is 0 Å². The van der Waals surface area contributed by atoms with Crippen LogP contribution in [0, 0.1) is 42.4 Å². The molecule has 0 aromatic heterocycles. The zero-order valence-corrected chi connectivity index (χ0v) is 13.3. The fourth-order valence-electron chi connectivity index (χ4n) is 4.94. The van der Waals surface area contributed by atoms with Gasteiger partial charge in [0.1, 0.15) is 0 Å². The number of aryl methyl sites for hydroxylation is 1. The number of imide groups is 1. The van der Waals surface area contributed by atoms with Gasteiger partial charge in [0, 0.05) is 5.56 Å². The maximum atomic E-state index is 12.8. The quantitative estimate of drug-likeness (QED) is 0.666. The highest BCUT2D eigenvalue weighted by Crippen LogP contribution is 2.65. The maximum absolute atomic E-state index is 12.8. The van der Waals surface area contributed by atoms with Gasteiger partial charge >= 0.3 is 0 Å². The monoisotopic (exact) mass is 322 g/mol. The van der Waals surface area contributed by atoms with Gasteiger partial charge in [-0.1, -0.05) is 29.8 Å². The van der Waals surface area contributed by atoms with Crippen LogP contribution in [0.15, 0.2) is 36.4 Å². The number of nitrogens with one attached hydrogen (secondary N) is 1. The molecule has 6 rings (SSSR count). The van der Waals surface area contributed by atoms with Crippen LogP contribution in [0.5, 0.6) is 0 Å². The van der Waals surface area contributed by atoms with Gasteiger partial charge in [-0.2, -0.15) is 5.01 Å². The molecule has 3 amide bonds. The third-order valence-electron chi connectivity index (χ3n) is 6.19. The topological polar surface area (TPSA) is 66.5 Å². The predicted octanol–water partition coefficient (Wildman–Crippen LogP) is 1.69. The number of allylic oxidation sites excluding steroid dienone is 2. The Morgan fingerprint density at radius 2 is 1.54 bits per heavy atom. The van der Waals surface area contributed by atoms with Crippen LogP contribution in [0.25, 0.3) is 0 Å². The lowest BCUT2D eigenvalue weighted by Gasteiger charge is -2.37. The Morgan fingerprint density at radius 3 is 2.08 bits per heavy atom. The SMILES string of the molecule is Cc1ccc(C(=O)NN2C(=O)[C@@H]3[C@H]4C=C[C@@H]([C@@H]5C[C@@H]45)[C@@H]3C2=O)cc1. The van der Waals surface area contributed by atoms with E-state index in [2.05, 4.69) is 17.6 Å². The summed E-state index contributed by atoms with van der Waals surface area (Å²) >= 11 is 0. The first-order valence-electron chi connectivity index (χ1n) is 8.50. The van der Waals surface area contributed by atoms with Crippen LogP contribution in [0.1, 0.15) is 22.3 Å². The third kappa shape index (κ3) is 1.72. The Kier molecular flexibility index (Phi) is 2.65. The van der Waals surface area contributed by atoms with Gasteiger partial charge in [-0.3, -0.25) is 19.8 Å². The summed E-state index contributed by atoms with van der Waals surface area (Å²) in [4.78, 5) is 38.0. The predicted molar refractivity (Wildman–Crippen MR) is 85.2 cm³/mol. The van der Waals surface area contributed by atoms with Gasteiger partial charge in [-0.05, 0) is 49.1 Å². The molecule has 6 atom stereocenters. The molecule has 4 aliphatic carbocycles. The maximum Gasteiger partial charge on any atom is 0.270 e. The van der Waals surface area contributed by atoms with Gasteiger partial charge in [-0.25, -0.2) is 0 Å². The second kappa shape index (κ2) is 4.56. The Balaban J connectivity index is 1.40.